The third kappa shape index (κ3) is 1.66. The first-order chi connectivity index (χ1) is 7.00. The van der Waals surface area contributed by atoms with E-state index in [1.807, 2.05) is 0 Å². The summed E-state index contributed by atoms with van der Waals surface area (Å²) in [6.45, 7) is 1.77. The molecule has 0 fully saturated rings. The molecule has 0 aliphatic rings. The highest BCUT2D eigenvalue weighted by Crippen LogP contribution is 2.21. The normalized spacial score (nSPS) is 10.9. The maximum Gasteiger partial charge on any atom is 0.261 e. The molecule has 78 valence electrons. The van der Waals surface area contributed by atoms with Crippen LogP contribution in [0.2, 0.25) is 5.15 Å². The Kier molecular flexibility index (Phi) is 2.52. The lowest BCUT2D eigenvalue weighted by molar-refractivity contribution is 0.791. The largest absolute Gasteiger partial charge is 0.299 e. The number of fused-ring (bicyclic) bond motifs is 1. The predicted molar refractivity (Wildman–Crippen MR) is 62.2 cm³/mol. The van der Waals surface area contributed by atoms with Crippen molar-refractivity contribution in [3.8, 4) is 0 Å². The number of halogens is 2. The minimum atomic E-state index is -0.123. The van der Waals surface area contributed by atoms with E-state index in [4.69, 9.17) is 11.6 Å². The lowest BCUT2D eigenvalue weighted by atomic mass is 10.3. The molecule has 0 saturated heterocycles. The number of rotatable bonds is 0. The van der Waals surface area contributed by atoms with Crippen LogP contribution in [0.3, 0.4) is 0 Å². The number of hydrogen-bond donors (Lipinski definition) is 0. The fourth-order valence-electron chi connectivity index (χ4n) is 1.31. The van der Waals surface area contributed by atoms with Gasteiger partial charge in [0.2, 0.25) is 0 Å². The van der Waals surface area contributed by atoms with Crippen LogP contribution in [0.25, 0.3) is 10.9 Å². The Balaban J connectivity index is 3.06. The summed E-state index contributed by atoms with van der Waals surface area (Å²) in [5.41, 5.74) is 0.419. The Morgan fingerprint density at radius 3 is 2.80 bits per heavy atom. The molecule has 0 radical (unpaired) electrons. The summed E-state index contributed by atoms with van der Waals surface area (Å²) < 4.78 is 1.97. The van der Waals surface area contributed by atoms with Crippen molar-refractivity contribution < 1.29 is 0 Å². The van der Waals surface area contributed by atoms with Gasteiger partial charge in [0, 0.05) is 7.05 Å². The van der Waals surface area contributed by atoms with Crippen molar-refractivity contribution in [2.75, 3.05) is 0 Å². The maximum atomic E-state index is 11.9. The van der Waals surface area contributed by atoms with Crippen LogP contribution >= 0.6 is 27.5 Å². The minimum absolute atomic E-state index is 0.123. The van der Waals surface area contributed by atoms with Crippen molar-refractivity contribution in [3.63, 3.8) is 0 Å². The second-order valence-corrected chi connectivity index (χ2v) is 4.29. The van der Waals surface area contributed by atoms with Crippen molar-refractivity contribution in [1.29, 1.82) is 0 Å². The molecule has 0 unspecified atom stereocenters. The van der Waals surface area contributed by atoms with Gasteiger partial charge in [0.25, 0.3) is 5.56 Å². The van der Waals surface area contributed by atoms with Crippen LogP contribution in [-0.4, -0.2) is 14.5 Å². The average Bonchev–Trinajstić information content (AvgIpc) is 2.17. The zero-order valence-corrected chi connectivity index (χ0v) is 10.4. The van der Waals surface area contributed by atoms with E-state index in [9.17, 15) is 4.79 Å². The number of hydrogen-bond acceptors (Lipinski definition) is 3. The van der Waals surface area contributed by atoms with Crippen molar-refractivity contribution in [2.45, 2.75) is 6.92 Å². The van der Waals surface area contributed by atoms with Gasteiger partial charge < -0.3 is 0 Å². The molecule has 4 nitrogen and oxygen atoms in total. The van der Waals surface area contributed by atoms with Crippen LogP contribution in [0.4, 0.5) is 0 Å². The Morgan fingerprint density at radius 1 is 1.47 bits per heavy atom. The van der Waals surface area contributed by atoms with Crippen LogP contribution < -0.4 is 5.56 Å². The van der Waals surface area contributed by atoms with Crippen molar-refractivity contribution >= 4 is 38.4 Å². The van der Waals surface area contributed by atoms with E-state index in [0.717, 1.165) is 0 Å². The van der Waals surface area contributed by atoms with Crippen LogP contribution in [0.1, 0.15) is 5.82 Å². The number of aryl methyl sites for hydroxylation is 1. The molecule has 0 atom stereocenters. The van der Waals surface area contributed by atoms with Gasteiger partial charge in [-0.1, -0.05) is 11.6 Å². The molecular formula is C9H7BrClN3O. The molecule has 0 amide bonds. The number of nitrogens with zero attached hydrogens (tertiary/aromatic N) is 3. The molecule has 0 bridgehead atoms. The first kappa shape index (κ1) is 10.6. The van der Waals surface area contributed by atoms with Gasteiger partial charge in [-0.2, -0.15) is 0 Å². The second kappa shape index (κ2) is 3.57. The summed E-state index contributed by atoms with van der Waals surface area (Å²) in [4.78, 5) is 20.1. The quantitative estimate of drug-likeness (QED) is 0.697. The van der Waals surface area contributed by atoms with Gasteiger partial charge in [-0.15, -0.1) is 0 Å². The summed E-state index contributed by atoms with van der Waals surface area (Å²) in [7, 11) is 1.67. The summed E-state index contributed by atoms with van der Waals surface area (Å²) in [5.74, 6) is 0.636. The maximum absolute atomic E-state index is 11.9. The first-order valence-corrected chi connectivity index (χ1v) is 5.37. The fraction of sp³-hybridized carbons (Fsp3) is 0.222. The molecule has 0 spiro atoms. The van der Waals surface area contributed by atoms with E-state index in [-0.39, 0.29) is 10.7 Å². The molecule has 2 heterocycles. The smallest absolute Gasteiger partial charge is 0.261 e. The Labute approximate surface area is 99.0 Å². The van der Waals surface area contributed by atoms with Crippen LogP contribution in [0, 0.1) is 6.92 Å². The molecule has 0 aliphatic heterocycles. The van der Waals surface area contributed by atoms with Crippen LogP contribution in [0.5, 0.6) is 0 Å². The van der Waals surface area contributed by atoms with E-state index in [1.165, 1.54) is 10.6 Å². The average molecular weight is 289 g/mol. The van der Waals surface area contributed by atoms with E-state index >= 15 is 0 Å². The third-order valence-electron chi connectivity index (χ3n) is 2.21. The zero-order valence-electron chi connectivity index (χ0n) is 8.08. The molecule has 15 heavy (non-hydrogen) atoms. The molecule has 2 rings (SSSR count). The summed E-state index contributed by atoms with van der Waals surface area (Å²) in [6.07, 6.45) is 0. The van der Waals surface area contributed by atoms with Gasteiger partial charge in [0.1, 0.15) is 21.1 Å². The molecule has 0 aliphatic carbocycles. The molecule has 0 N–H and O–H groups in total. The lowest BCUT2D eigenvalue weighted by Gasteiger charge is -2.05. The topological polar surface area (TPSA) is 47.8 Å². The van der Waals surface area contributed by atoms with Crippen LogP contribution in [-0.2, 0) is 7.05 Å². The van der Waals surface area contributed by atoms with Crippen molar-refractivity contribution in [1.82, 2.24) is 14.5 Å². The van der Waals surface area contributed by atoms with E-state index in [0.29, 0.717) is 21.3 Å². The van der Waals surface area contributed by atoms with E-state index < -0.39 is 0 Å². The molecule has 0 saturated carbocycles. The molecule has 2 aromatic heterocycles. The van der Waals surface area contributed by atoms with Gasteiger partial charge in [0.15, 0.2) is 0 Å². The Bertz CT molecular complexity index is 608. The van der Waals surface area contributed by atoms with Gasteiger partial charge in [-0.3, -0.25) is 9.36 Å². The zero-order chi connectivity index (χ0) is 11.2. The van der Waals surface area contributed by atoms with E-state index in [2.05, 4.69) is 25.9 Å². The highest BCUT2D eigenvalue weighted by Gasteiger charge is 2.10. The monoisotopic (exact) mass is 287 g/mol. The van der Waals surface area contributed by atoms with Crippen LogP contribution in [0.15, 0.2) is 15.5 Å². The summed E-state index contributed by atoms with van der Waals surface area (Å²) in [6, 6.07) is 1.52. The lowest BCUT2D eigenvalue weighted by Crippen LogP contribution is -2.20. The van der Waals surface area contributed by atoms with Gasteiger partial charge in [0.05, 0.1) is 5.39 Å². The molecule has 2 aromatic rings. The molecular weight excluding hydrogens is 281 g/mol. The fourth-order valence-corrected chi connectivity index (χ4v) is 2.10. The molecule has 6 heteroatoms. The summed E-state index contributed by atoms with van der Waals surface area (Å²) >= 11 is 9.01. The Hall–Kier alpha value is -0.940. The predicted octanol–water partition coefficient (Wildman–Crippen LogP) is 2.05. The third-order valence-corrected chi connectivity index (χ3v) is 2.96. The standard InChI is InChI=1S/C9H7BrClN3O/c1-4-12-7-5(9(15)14(4)2)3-6(11)13-8(7)10/h3H,1-2H3. The van der Waals surface area contributed by atoms with Gasteiger partial charge >= 0.3 is 0 Å². The highest BCUT2D eigenvalue weighted by atomic mass is 79.9. The van der Waals surface area contributed by atoms with Crippen molar-refractivity contribution in [2.24, 2.45) is 7.05 Å². The summed E-state index contributed by atoms with van der Waals surface area (Å²) in [5, 5.41) is 0.743. The minimum Gasteiger partial charge on any atom is -0.299 e. The molecule has 0 aromatic carbocycles. The number of aromatic nitrogens is 3. The second-order valence-electron chi connectivity index (χ2n) is 3.16. The number of pyridine rings is 1. The van der Waals surface area contributed by atoms with Gasteiger partial charge in [-0.25, -0.2) is 9.97 Å². The van der Waals surface area contributed by atoms with E-state index in [1.54, 1.807) is 14.0 Å². The first-order valence-electron chi connectivity index (χ1n) is 4.20. The van der Waals surface area contributed by atoms with Gasteiger partial charge in [-0.05, 0) is 28.9 Å². The SMILES string of the molecule is Cc1nc2c(Br)nc(Cl)cc2c(=O)n1C. The Morgan fingerprint density at radius 2 is 2.13 bits per heavy atom. The highest BCUT2D eigenvalue weighted by molar-refractivity contribution is 9.10. The van der Waals surface area contributed by atoms with Crippen molar-refractivity contribution in [3.05, 3.63) is 32.0 Å².